The SMILES string of the molecule is O=C(C[C@@H]1CCCO1)NCc1ccc(N2CCCC2)cc1. The van der Waals surface area contributed by atoms with Gasteiger partial charge in [-0.15, -0.1) is 0 Å². The zero-order valence-electron chi connectivity index (χ0n) is 12.5. The van der Waals surface area contributed by atoms with E-state index in [9.17, 15) is 4.79 Å². The molecular weight excluding hydrogens is 264 g/mol. The van der Waals surface area contributed by atoms with Gasteiger partial charge in [0.1, 0.15) is 0 Å². The average Bonchev–Trinajstić information content (AvgIpc) is 3.19. The second-order valence-corrected chi connectivity index (χ2v) is 5.98. The minimum Gasteiger partial charge on any atom is -0.378 e. The van der Waals surface area contributed by atoms with E-state index in [1.54, 1.807) is 0 Å². The van der Waals surface area contributed by atoms with Gasteiger partial charge in [-0.3, -0.25) is 4.79 Å². The van der Waals surface area contributed by atoms with E-state index in [1.165, 1.54) is 18.5 Å². The summed E-state index contributed by atoms with van der Waals surface area (Å²) in [5.41, 5.74) is 2.44. The summed E-state index contributed by atoms with van der Waals surface area (Å²) in [6, 6.07) is 8.54. The second-order valence-electron chi connectivity index (χ2n) is 5.98. The number of ether oxygens (including phenoxy) is 1. The number of hydrogen-bond donors (Lipinski definition) is 1. The van der Waals surface area contributed by atoms with Gasteiger partial charge in [-0.25, -0.2) is 0 Å². The number of nitrogens with one attached hydrogen (secondary N) is 1. The largest absolute Gasteiger partial charge is 0.378 e. The summed E-state index contributed by atoms with van der Waals surface area (Å²) in [5.74, 6) is 0.0884. The van der Waals surface area contributed by atoms with E-state index in [2.05, 4.69) is 34.5 Å². The Morgan fingerprint density at radius 1 is 1.19 bits per heavy atom. The first kappa shape index (κ1) is 14.4. The van der Waals surface area contributed by atoms with Crippen LogP contribution < -0.4 is 10.2 Å². The molecule has 0 saturated carbocycles. The van der Waals surface area contributed by atoms with Gasteiger partial charge < -0.3 is 15.0 Å². The van der Waals surface area contributed by atoms with Gasteiger partial charge in [-0.2, -0.15) is 0 Å². The van der Waals surface area contributed by atoms with Crippen LogP contribution in [0.2, 0.25) is 0 Å². The molecule has 2 saturated heterocycles. The molecule has 0 unspecified atom stereocenters. The third-order valence-electron chi connectivity index (χ3n) is 4.33. The standard InChI is InChI=1S/C17H24N2O2/c20-17(12-16-4-3-11-21-16)18-13-14-5-7-15(8-6-14)19-9-1-2-10-19/h5-8,16H,1-4,9-13H2,(H,18,20)/t16-/m0/s1. The number of hydrogen-bond acceptors (Lipinski definition) is 3. The molecule has 0 bridgehead atoms. The molecule has 1 aromatic carbocycles. The molecule has 0 spiro atoms. The molecule has 1 aromatic rings. The minimum absolute atomic E-state index is 0.0884. The summed E-state index contributed by atoms with van der Waals surface area (Å²) in [5, 5.41) is 2.98. The number of carbonyl (C=O) groups is 1. The molecule has 4 heteroatoms. The molecule has 114 valence electrons. The topological polar surface area (TPSA) is 41.6 Å². The molecule has 1 atom stereocenters. The van der Waals surface area contributed by atoms with Crippen molar-refractivity contribution in [3.05, 3.63) is 29.8 Å². The van der Waals surface area contributed by atoms with Crippen molar-refractivity contribution in [2.24, 2.45) is 0 Å². The first-order valence-electron chi connectivity index (χ1n) is 8.03. The van der Waals surface area contributed by atoms with Crippen LogP contribution in [-0.4, -0.2) is 31.7 Å². The van der Waals surface area contributed by atoms with E-state index in [0.717, 1.165) is 38.1 Å². The molecule has 0 radical (unpaired) electrons. The molecule has 2 fully saturated rings. The molecule has 1 N–H and O–H groups in total. The van der Waals surface area contributed by atoms with Gasteiger partial charge in [0.15, 0.2) is 0 Å². The highest BCUT2D eigenvalue weighted by Gasteiger charge is 2.18. The minimum atomic E-state index is 0.0884. The maximum absolute atomic E-state index is 11.8. The molecular formula is C17H24N2O2. The van der Waals surface area contributed by atoms with Crippen LogP contribution in [0.25, 0.3) is 0 Å². The van der Waals surface area contributed by atoms with Crippen molar-refractivity contribution < 1.29 is 9.53 Å². The molecule has 21 heavy (non-hydrogen) atoms. The van der Waals surface area contributed by atoms with Crippen LogP contribution in [0, 0.1) is 0 Å². The van der Waals surface area contributed by atoms with Crippen molar-refractivity contribution in [2.45, 2.75) is 44.8 Å². The van der Waals surface area contributed by atoms with Crippen molar-refractivity contribution in [2.75, 3.05) is 24.6 Å². The fourth-order valence-corrected chi connectivity index (χ4v) is 3.08. The average molecular weight is 288 g/mol. The molecule has 3 rings (SSSR count). The van der Waals surface area contributed by atoms with E-state index in [1.807, 2.05) is 0 Å². The van der Waals surface area contributed by atoms with Crippen molar-refractivity contribution in [1.82, 2.24) is 5.32 Å². The summed E-state index contributed by atoms with van der Waals surface area (Å²) < 4.78 is 5.48. The van der Waals surface area contributed by atoms with Crippen LogP contribution in [0.4, 0.5) is 5.69 Å². The lowest BCUT2D eigenvalue weighted by molar-refractivity contribution is -0.123. The lowest BCUT2D eigenvalue weighted by atomic mass is 10.1. The first-order valence-corrected chi connectivity index (χ1v) is 8.03. The van der Waals surface area contributed by atoms with Crippen LogP contribution >= 0.6 is 0 Å². The first-order chi connectivity index (χ1) is 10.3. The van der Waals surface area contributed by atoms with Crippen molar-refractivity contribution in [1.29, 1.82) is 0 Å². The maximum Gasteiger partial charge on any atom is 0.222 e. The summed E-state index contributed by atoms with van der Waals surface area (Å²) in [6.45, 7) is 3.73. The zero-order valence-corrected chi connectivity index (χ0v) is 12.5. The van der Waals surface area contributed by atoms with Crippen molar-refractivity contribution in [3.8, 4) is 0 Å². The maximum atomic E-state index is 11.8. The smallest absolute Gasteiger partial charge is 0.222 e. The zero-order chi connectivity index (χ0) is 14.5. The number of nitrogens with zero attached hydrogens (tertiary/aromatic N) is 1. The lowest BCUT2D eigenvalue weighted by Crippen LogP contribution is -2.26. The summed E-state index contributed by atoms with van der Waals surface area (Å²) in [6.07, 6.45) is 5.30. The lowest BCUT2D eigenvalue weighted by Gasteiger charge is -2.17. The Kier molecular flexibility index (Phi) is 4.76. The quantitative estimate of drug-likeness (QED) is 0.905. The van der Waals surface area contributed by atoms with Crippen molar-refractivity contribution in [3.63, 3.8) is 0 Å². The molecule has 2 aliphatic rings. The second kappa shape index (κ2) is 6.94. The summed E-state index contributed by atoms with van der Waals surface area (Å²) in [7, 11) is 0. The van der Waals surface area contributed by atoms with Gasteiger partial charge in [0.2, 0.25) is 5.91 Å². The van der Waals surface area contributed by atoms with Crippen LogP contribution in [-0.2, 0) is 16.1 Å². The molecule has 4 nitrogen and oxygen atoms in total. The third kappa shape index (κ3) is 3.97. The van der Waals surface area contributed by atoms with Gasteiger partial charge in [0.25, 0.3) is 0 Å². The highest BCUT2D eigenvalue weighted by molar-refractivity contribution is 5.76. The van der Waals surface area contributed by atoms with Crippen LogP contribution in [0.1, 0.15) is 37.7 Å². The van der Waals surface area contributed by atoms with E-state index in [4.69, 9.17) is 4.74 Å². The molecule has 2 heterocycles. The fraction of sp³-hybridized carbons (Fsp3) is 0.588. The van der Waals surface area contributed by atoms with Crippen LogP contribution in [0.3, 0.4) is 0 Å². The molecule has 0 aliphatic carbocycles. The van der Waals surface area contributed by atoms with Gasteiger partial charge in [0, 0.05) is 31.9 Å². The number of benzene rings is 1. The van der Waals surface area contributed by atoms with E-state index < -0.39 is 0 Å². The predicted molar refractivity (Wildman–Crippen MR) is 83.3 cm³/mol. The highest BCUT2D eigenvalue weighted by Crippen LogP contribution is 2.20. The predicted octanol–water partition coefficient (Wildman–Crippen LogP) is 2.47. The Morgan fingerprint density at radius 2 is 1.95 bits per heavy atom. The Bertz CT molecular complexity index is 460. The fourth-order valence-electron chi connectivity index (χ4n) is 3.08. The van der Waals surface area contributed by atoms with Crippen LogP contribution in [0.15, 0.2) is 24.3 Å². The Morgan fingerprint density at radius 3 is 2.62 bits per heavy atom. The number of anilines is 1. The van der Waals surface area contributed by atoms with Crippen molar-refractivity contribution >= 4 is 11.6 Å². The van der Waals surface area contributed by atoms with Gasteiger partial charge in [0.05, 0.1) is 12.5 Å². The van der Waals surface area contributed by atoms with Crippen LogP contribution in [0.5, 0.6) is 0 Å². The molecule has 2 aliphatic heterocycles. The number of rotatable bonds is 5. The summed E-state index contributed by atoms with van der Waals surface area (Å²) in [4.78, 5) is 14.3. The monoisotopic (exact) mass is 288 g/mol. The van der Waals surface area contributed by atoms with E-state index in [0.29, 0.717) is 13.0 Å². The van der Waals surface area contributed by atoms with E-state index in [-0.39, 0.29) is 12.0 Å². The molecule has 1 amide bonds. The van der Waals surface area contributed by atoms with E-state index >= 15 is 0 Å². The Balaban J connectivity index is 1.45. The van der Waals surface area contributed by atoms with Gasteiger partial charge in [-0.05, 0) is 43.4 Å². The molecule has 0 aromatic heterocycles. The number of amides is 1. The Labute approximate surface area is 126 Å². The Hall–Kier alpha value is -1.55. The third-order valence-corrected chi connectivity index (χ3v) is 4.33. The number of carbonyl (C=O) groups excluding carboxylic acids is 1. The highest BCUT2D eigenvalue weighted by atomic mass is 16.5. The van der Waals surface area contributed by atoms with Gasteiger partial charge >= 0.3 is 0 Å². The van der Waals surface area contributed by atoms with Gasteiger partial charge in [-0.1, -0.05) is 12.1 Å². The normalized spacial score (nSPS) is 21.7. The summed E-state index contributed by atoms with van der Waals surface area (Å²) >= 11 is 0.